The number of anilines is 1. The molecule has 0 spiro atoms. The van der Waals surface area contributed by atoms with Crippen molar-refractivity contribution in [2.45, 2.75) is 33.1 Å². The summed E-state index contributed by atoms with van der Waals surface area (Å²) in [6, 6.07) is 5.26. The highest BCUT2D eigenvalue weighted by Crippen LogP contribution is 2.38. The normalized spacial score (nSPS) is 23.1. The van der Waals surface area contributed by atoms with Gasteiger partial charge < -0.3 is 15.3 Å². The van der Waals surface area contributed by atoms with Gasteiger partial charge in [-0.25, -0.2) is 0 Å². The van der Waals surface area contributed by atoms with Crippen molar-refractivity contribution in [3.8, 4) is 0 Å². The number of nitrogens with one attached hydrogen (secondary N) is 1. The van der Waals surface area contributed by atoms with Crippen molar-refractivity contribution >= 4 is 23.5 Å². The van der Waals surface area contributed by atoms with Crippen LogP contribution < -0.4 is 5.32 Å². The third-order valence-electron chi connectivity index (χ3n) is 5.37. The predicted molar refractivity (Wildman–Crippen MR) is 88.8 cm³/mol. The molecule has 1 saturated heterocycles. The lowest BCUT2D eigenvalue weighted by Crippen LogP contribution is -2.40. The molecule has 1 atom stereocenters. The number of nitrogens with zero attached hydrogens (tertiary/aromatic N) is 1. The number of aliphatic carboxylic acids is 1. The summed E-state index contributed by atoms with van der Waals surface area (Å²) in [6.45, 7) is 4.48. The molecule has 128 valence electrons. The molecule has 0 bridgehead atoms. The van der Waals surface area contributed by atoms with Crippen molar-refractivity contribution < 1.29 is 19.5 Å². The lowest BCUT2D eigenvalue weighted by Gasteiger charge is -2.28. The molecule has 0 saturated carbocycles. The molecule has 2 amide bonds. The summed E-state index contributed by atoms with van der Waals surface area (Å²) in [5, 5.41) is 12.4. The molecule has 24 heavy (non-hydrogen) atoms. The average Bonchev–Trinajstić information content (AvgIpc) is 3.00. The summed E-state index contributed by atoms with van der Waals surface area (Å²) in [5.74, 6) is -1.02. The highest BCUT2D eigenvalue weighted by Gasteiger charge is 2.48. The van der Waals surface area contributed by atoms with Crippen LogP contribution in [-0.2, 0) is 16.0 Å². The van der Waals surface area contributed by atoms with Crippen LogP contribution in [0.4, 0.5) is 5.69 Å². The molecular weight excluding hydrogens is 308 g/mol. The maximum Gasteiger partial charge on any atom is 0.311 e. The third kappa shape index (κ3) is 2.66. The van der Waals surface area contributed by atoms with E-state index < -0.39 is 11.4 Å². The standard InChI is InChI=1S/C18H22N2O4/c1-11(2)18(17(23)24)7-8-20(10-18)16(22)13-3-5-14-12(9-13)4-6-15(21)19-14/h3,5,9,11H,4,6-8,10H2,1-2H3,(H,19,21)(H,23,24). The van der Waals surface area contributed by atoms with Gasteiger partial charge in [0.25, 0.3) is 5.91 Å². The van der Waals surface area contributed by atoms with Crippen molar-refractivity contribution in [3.05, 3.63) is 29.3 Å². The Kier molecular flexibility index (Phi) is 4.07. The maximum absolute atomic E-state index is 12.8. The first kappa shape index (κ1) is 16.5. The molecule has 2 aliphatic heterocycles. The van der Waals surface area contributed by atoms with Gasteiger partial charge in [0.15, 0.2) is 0 Å². The third-order valence-corrected chi connectivity index (χ3v) is 5.37. The summed E-state index contributed by atoms with van der Waals surface area (Å²) in [6.07, 6.45) is 1.52. The van der Waals surface area contributed by atoms with Crippen LogP contribution in [0.15, 0.2) is 18.2 Å². The highest BCUT2D eigenvalue weighted by molar-refractivity contribution is 5.98. The Balaban J connectivity index is 1.81. The number of hydrogen-bond acceptors (Lipinski definition) is 3. The highest BCUT2D eigenvalue weighted by atomic mass is 16.4. The van der Waals surface area contributed by atoms with E-state index in [9.17, 15) is 19.5 Å². The number of hydrogen-bond donors (Lipinski definition) is 2. The van der Waals surface area contributed by atoms with Crippen molar-refractivity contribution in [2.24, 2.45) is 11.3 Å². The lowest BCUT2D eigenvalue weighted by atomic mass is 9.76. The number of likely N-dealkylation sites (tertiary alicyclic amines) is 1. The number of aryl methyl sites for hydroxylation is 1. The Hall–Kier alpha value is -2.37. The van der Waals surface area contributed by atoms with Crippen LogP contribution in [0.1, 0.15) is 42.6 Å². The second kappa shape index (κ2) is 5.92. The van der Waals surface area contributed by atoms with Gasteiger partial charge in [0.2, 0.25) is 5.91 Å². The fourth-order valence-electron chi connectivity index (χ4n) is 3.60. The first-order chi connectivity index (χ1) is 11.3. The summed E-state index contributed by atoms with van der Waals surface area (Å²) in [5.41, 5.74) is 1.40. The first-order valence-electron chi connectivity index (χ1n) is 8.29. The largest absolute Gasteiger partial charge is 0.481 e. The molecule has 2 aliphatic rings. The summed E-state index contributed by atoms with van der Waals surface area (Å²) in [4.78, 5) is 37.5. The number of carboxylic acids is 1. The first-order valence-corrected chi connectivity index (χ1v) is 8.29. The molecule has 6 heteroatoms. The van der Waals surface area contributed by atoms with Crippen molar-refractivity contribution in [3.63, 3.8) is 0 Å². The number of fused-ring (bicyclic) bond motifs is 1. The SMILES string of the molecule is CC(C)C1(C(=O)O)CCN(C(=O)c2ccc3c(c2)CCC(=O)N3)C1. The molecule has 0 aliphatic carbocycles. The van der Waals surface area contributed by atoms with Gasteiger partial charge in [-0.2, -0.15) is 0 Å². The molecule has 0 radical (unpaired) electrons. The zero-order valence-corrected chi connectivity index (χ0v) is 14.0. The molecule has 1 unspecified atom stereocenters. The van der Waals surface area contributed by atoms with E-state index in [0.717, 1.165) is 11.3 Å². The minimum Gasteiger partial charge on any atom is -0.481 e. The van der Waals surface area contributed by atoms with Gasteiger partial charge in [-0.3, -0.25) is 14.4 Å². The summed E-state index contributed by atoms with van der Waals surface area (Å²) in [7, 11) is 0. The summed E-state index contributed by atoms with van der Waals surface area (Å²) < 4.78 is 0. The monoisotopic (exact) mass is 330 g/mol. The Labute approximate surface area is 140 Å². The van der Waals surface area contributed by atoms with E-state index in [-0.39, 0.29) is 24.3 Å². The fourth-order valence-corrected chi connectivity index (χ4v) is 3.60. The lowest BCUT2D eigenvalue weighted by molar-refractivity contribution is -0.150. The summed E-state index contributed by atoms with van der Waals surface area (Å²) >= 11 is 0. The van der Waals surface area contributed by atoms with Crippen LogP contribution in [0, 0.1) is 11.3 Å². The average molecular weight is 330 g/mol. The minimum absolute atomic E-state index is 0.00991. The number of carbonyl (C=O) groups is 3. The van der Waals surface area contributed by atoms with Crippen LogP contribution in [0.25, 0.3) is 0 Å². The molecule has 0 aromatic heterocycles. The number of benzene rings is 1. The molecule has 1 aromatic carbocycles. The van der Waals surface area contributed by atoms with E-state index in [2.05, 4.69) is 5.32 Å². The van der Waals surface area contributed by atoms with Crippen LogP contribution in [0.5, 0.6) is 0 Å². The fraction of sp³-hybridized carbons (Fsp3) is 0.500. The van der Waals surface area contributed by atoms with Gasteiger partial charge in [0.05, 0.1) is 5.41 Å². The van der Waals surface area contributed by atoms with Crippen molar-refractivity contribution in [1.29, 1.82) is 0 Å². The zero-order valence-electron chi connectivity index (χ0n) is 14.0. The van der Waals surface area contributed by atoms with E-state index in [4.69, 9.17) is 0 Å². The maximum atomic E-state index is 12.8. The molecule has 6 nitrogen and oxygen atoms in total. The van der Waals surface area contributed by atoms with Crippen LogP contribution in [0.2, 0.25) is 0 Å². The van der Waals surface area contributed by atoms with Gasteiger partial charge in [-0.1, -0.05) is 13.8 Å². The van der Waals surface area contributed by atoms with Crippen molar-refractivity contribution in [1.82, 2.24) is 4.90 Å². The van der Waals surface area contributed by atoms with Gasteiger partial charge >= 0.3 is 5.97 Å². The smallest absolute Gasteiger partial charge is 0.311 e. The number of carboxylic acid groups (broad SMARTS) is 1. The topological polar surface area (TPSA) is 86.7 Å². The van der Waals surface area contributed by atoms with Gasteiger partial charge in [-0.05, 0) is 42.5 Å². The van der Waals surface area contributed by atoms with Gasteiger partial charge in [0, 0.05) is 30.8 Å². The Morgan fingerprint density at radius 1 is 1.29 bits per heavy atom. The second-order valence-corrected chi connectivity index (χ2v) is 7.01. The zero-order chi connectivity index (χ0) is 17.5. The minimum atomic E-state index is -0.863. The van der Waals surface area contributed by atoms with Crippen LogP contribution in [0.3, 0.4) is 0 Å². The van der Waals surface area contributed by atoms with Gasteiger partial charge in [-0.15, -0.1) is 0 Å². The van der Waals surface area contributed by atoms with Gasteiger partial charge in [0.1, 0.15) is 0 Å². The van der Waals surface area contributed by atoms with Crippen LogP contribution in [-0.4, -0.2) is 40.9 Å². The molecule has 2 heterocycles. The molecule has 1 fully saturated rings. The van der Waals surface area contributed by atoms with Crippen molar-refractivity contribution in [2.75, 3.05) is 18.4 Å². The molecule has 3 rings (SSSR count). The van der Waals surface area contributed by atoms with E-state index in [1.165, 1.54) is 0 Å². The number of carbonyl (C=O) groups excluding carboxylic acids is 2. The Bertz CT molecular complexity index is 713. The van der Waals surface area contributed by atoms with E-state index >= 15 is 0 Å². The molecule has 1 aromatic rings. The number of amides is 2. The molecule has 2 N–H and O–H groups in total. The molecular formula is C18H22N2O4. The van der Waals surface area contributed by atoms with Crippen LogP contribution >= 0.6 is 0 Å². The van der Waals surface area contributed by atoms with E-state index in [1.54, 1.807) is 17.0 Å². The Morgan fingerprint density at radius 3 is 2.67 bits per heavy atom. The predicted octanol–water partition coefficient (Wildman–Crippen LogP) is 2.14. The van der Waals surface area contributed by atoms with E-state index in [0.29, 0.717) is 31.4 Å². The van der Waals surface area contributed by atoms with E-state index in [1.807, 2.05) is 19.9 Å². The Morgan fingerprint density at radius 2 is 2.04 bits per heavy atom. The quantitative estimate of drug-likeness (QED) is 0.889. The number of rotatable bonds is 3. The second-order valence-electron chi connectivity index (χ2n) is 7.01.